The predicted molar refractivity (Wildman–Crippen MR) is 114 cm³/mol. The van der Waals surface area contributed by atoms with Gasteiger partial charge in [0.15, 0.2) is 0 Å². The van der Waals surface area contributed by atoms with E-state index in [0.29, 0.717) is 0 Å². The van der Waals surface area contributed by atoms with Crippen LogP contribution in [-0.2, 0) is 11.3 Å². The summed E-state index contributed by atoms with van der Waals surface area (Å²) < 4.78 is 6.20. The van der Waals surface area contributed by atoms with Crippen LogP contribution in [0, 0.1) is 5.92 Å². The molecule has 28 heavy (non-hydrogen) atoms. The molecule has 0 aliphatic carbocycles. The Hall–Kier alpha value is -2.11. The highest BCUT2D eigenvalue weighted by molar-refractivity contribution is 5.87. The lowest BCUT2D eigenvalue weighted by Crippen LogP contribution is -2.42. The second-order valence-corrected chi connectivity index (χ2v) is 7.73. The monoisotopic (exact) mass is 383 g/mol. The van der Waals surface area contributed by atoms with E-state index in [1.54, 1.807) is 0 Å². The molecule has 1 amide bonds. The van der Waals surface area contributed by atoms with Crippen molar-refractivity contribution < 1.29 is 9.53 Å². The van der Waals surface area contributed by atoms with Gasteiger partial charge in [0.2, 0.25) is 5.91 Å². The molecule has 0 saturated carbocycles. The zero-order chi connectivity index (χ0) is 19.8. The molecule has 3 N–H and O–H groups in total. The highest BCUT2D eigenvalue weighted by atomic mass is 16.5. The Bertz CT molecular complexity index is 770. The molecular weight excluding hydrogens is 350 g/mol. The molecule has 1 heterocycles. The molecule has 5 heteroatoms. The van der Waals surface area contributed by atoms with E-state index in [1.807, 2.05) is 0 Å². The summed E-state index contributed by atoms with van der Waals surface area (Å²) in [6.07, 6.45) is 6.51. The number of piperidine rings is 1. The molecule has 0 atom stereocenters. The van der Waals surface area contributed by atoms with Gasteiger partial charge in [0, 0.05) is 18.0 Å². The van der Waals surface area contributed by atoms with E-state index in [1.165, 1.54) is 35.6 Å². The highest BCUT2D eigenvalue weighted by Crippen LogP contribution is 2.31. The molecule has 152 valence electrons. The number of carbonyl (C=O) groups excluding carboxylic acids is 1. The van der Waals surface area contributed by atoms with Crippen LogP contribution in [-0.4, -0.2) is 30.5 Å². The smallest absolute Gasteiger partial charge is 0.237 e. The summed E-state index contributed by atoms with van der Waals surface area (Å²) in [6.45, 7) is 5.64. The number of nitrogens with one attached hydrogen (secondary N) is 1. The Balaban J connectivity index is 1.71. The largest absolute Gasteiger partial charge is 0.493 e. The molecule has 0 spiro atoms. The van der Waals surface area contributed by atoms with Crippen molar-refractivity contribution in [3.8, 4) is 5.75 Å². The molecule has 2 aromatic rings. The summed E-state index contributed by atoms with van der Waals surface area (Å²) in [5, 5.41) is 2.50. The first kappa shape index (κ1) is 20.6. The first-order valence-electron chi connectivity index (χ1n) is 10.6. The predicted octanol–water partition coefficient (Wildman–Crippen LogP) is 4.00. The number of fused-ring (bicyclic) bond motifs is 1. The van der Waals surface area contributed by atoms with Crippen LogP contribution in [0.1, 0.15) is 51.0 Å². The van der Waals surface area contributed by atoms with Gasteiger partial charge in [-0.15, -0.1) is 0 Å². The second-order valence-electron chi connectivity index (χ2n) is 7.73. The second kappa shape index (κ2) is 10.4. The van der Waals surface area contributed by atoms with Crippen LogP contribution < -0.4 is 16.0 Å². The number of unbranched alkanes of at least 4 members (excludes halogenated alkanes) is 3. The minimum absolute atomic E-state index is 0.0306. The Labute approximate surface area is 168 Å². The van der Waals surface area contributed by atoms with E-state index in [9.17, 15) is 4.79 Å². The molecular formula is C23H33N3O2. The number of benzene rings is 2. The molecule has 2 aromatic carbocycles. The van der Waals surface area contributed by atoms with Gasteiger partial charge in [0.25, 0.3) is 0 Å². The SMILES string of the molecule is CCCCCCOc1ccc2ccccc2c1CN1CCC(C(=O)NN)CC1. The third kappa shape index (κ3) is 5.24. The maximum absolute atomic E-state index is 11.8. The van der Waals surface area contributed by atoms with Gasteiger partial charge in [-0.3, -0.25) is 15.1 Å². The minimum Gasteiger partial charge on any atom is -0.493 e. The van der Waals surface area contributed by atoms with Crippen LogP contribution in [0.2, 0.25) is 0 Å². The Kier molecular flexibility index (Phi) is 7.69. The topological polar surface area (TPSA) is 67.6 Å². The van der Waals surface area contributed by atoms with E-state index >= 15 is 0 Å². The van der Waals surface area contributed by atoms with Crippen molar-refractivity contribution in [2.24, 2.45) is 11.8 Å². The quantitative estimate of drug-likeness (QED) is 0.297. The van der Waals surface area contributed by atoms with Crippen molar-refractivity contribution in [2.45, 2.75) is 52.0 Å². The lowest BCUT2D eigenvalue weighted by molar-refractivity contribution is -0.126. The third-order valence-electron chi connectivity index (χ3n) is 5.74. The van der Waals surface area contributed by atoms with Gasteiger partial charge < -0.3 is 4.74 Å². The average Bonchev–Trinajstić information content (AvgIpc) is 2.74. The van der Waals surface area contributed by atoms with E-state index < -0.39 is 0 Å². The van der Waals surface area contributed by atoms with E-state index in [2.05, 4.69) is 53.6 Å². The number of hydrogen-bond donors (Lipinski definition) is 2. The molecule has 1 fully saturated rings. The van der Waals surface area contributed by atoms with Crippen LogP contribution in [0.15, 0.2) is 36.4 Å². The van der Waals surface area contributed by atoms with Crippen molar-refractivity contribution in [3.63, 3.8) is 0 Å². The zero-order valence-corrected chi connectivity index (χ0v) is 17.0. The normalized spacial score (nSPS) is 15.6. The Morgan fingerprint density at radius 2 is 1.93 bits per heavy atom. The fourth-order valence-electron chi connectivity index (χ4n) is 4.02. The summed E-state index contributed by atoms with van der Waals surface area (Å²) in [5.41, 5.74) is 3.55. The Morgan fingerprint density at radius 3 is 2.68 bits per heavy atom. The molecule has 1 aliphatic rings. The zero-order valence-electron chi connectivity index (χ0n) is 17.0. The first-order valence-corrected chi connectivity index (χ1v) is 10.6. The lowest BCUT2D eigenvalue weighted by Gasteiger charge is -2.31. The number of likely N-dealkylation sites (tertiary alicyclic amines) is 1. The Morgan fingerprint density at radius 1 is 1.14 bits per heavy atom. The molecule has 0 aromatic heterocycles. The number of hydrogen-bond acceptors (Lipinski definition) is 4. The minimum atomic E-state index is -0.0408. The summed E-state index contributed by atoms with van der Waals surface area (Å²) in [4.78, 5) is 14.2. The first-order chi connectivity index (χ1) is 13.7. The van der Waals surface area contributed by atoms with Gasteiger partial charge in [0.05, 0.1) is 6.61 Å². The number of carbonyl (C=O) groups is 1. The van der Waals surface area contributed by atoms with Crippen molar-refractivity contribution in [2.75, 3.05) is 19.7 Å². The number of amides is 1. The summed E-state index contributed by atoms with van der Waals surface area (Å²) in [5.74, 6) is 6.28. The molecule has 1 aliphatic heterocycles. The summed E-state index contributed by atoms with van der Waals surface area (Å²) >= 11 is 0. The molecule has 0 bridgehead atoms. The summed E-state index contributed by atoms with van der Waals surface area (Å²) in [6, 6.07) is 12.8. The van der Waals surface area contributed by atoms with Crippen LogP contribution in [0.3, 0.4) is 0 Å². The fraction of sp³-hybridized carbons (Fsp3) is 0.522. The standard InChI is InChI=1S/C23H33N3O2/c1-2-3-4-7-16-28-22-11-10-18-8-5-6-9-20(18)21(22)17-26-14-12-19(13-15-26)23(27)25-24/h5-6,8-11,19H,2-4,7,12-17,24H2,1H3,(H,25,27). The number of hydrazine groups is 1. The number of nitrogens with two attached hydrogens (primary N) is 1. The third-order valence-corrected chi connectivity index (χ3v) is 5.74. The maximum atomic E-state index is 11.8. The van der Waals surface area contributed by atoms with E-state index in [0.717, 1.165) is 51.3 Å². The van der Waals surface area contributed by atoms with Gasteiger partial charge in [-0.25, -0.2) is 5.84 Å². The molecule has 3 rings (SSSR count). The van der Waals surface area contributed by atoms with Crippen molar-refractivity contribution >= 4 is 16.7 Å². The van der Waals surface area contributed by atoms with Crippen LogP contribution in [0.5, 0.6) is 5.75 Å². The number of nitrogens with zero attached hydrogens (tertiary/aromatic N) is 1. The molecule has 0 unspecified atom stereocenters. The van der Waals surface area contributed by atoms with Gasteiger partial charge >= 0.3 is 0 Å². The molecule has 1 saturated heterocycles. The molecule has 0 radical (unpaired) electrons. The van der Waals surface area contributed by atoms with Gasteiger partial charge in [-0.05, 0) is 49.2 Å². The van der Waals surface area contributed by atoms with Crippen molar-refractivity contribution in [3.05, 3.63) is 42.0 Å². The lowest BCUT2D eigenvalue weighted by atomic mass is 9.95. The van der Waals surface area contributed by atoms with Crippen molar-refractivity contribution in [1.29, 1.82) is 0 Å². The summed E-state index contributed by atoms with van der Waals surface area (Å²) in [7, 11) is 0. The average molecular weight is 384 g/mol. The van der Waals surface area contributed by atoms with Crippen molar-refractivity contribution in [1.82, 2.24) is 10.3 Å². The van der Waals surface area contributed by atoms with E-state index in [4.69, 9.17) is 10.6 Å². The van der Waals surface area contributed by atoms with Crippen LogP contribution in [0.4, 0.5) is 0 Å². The van der Waals surface area contributed by atoms with Crippen LogP contribution in [0.25, 0.3) is 10.8 Å². The van der Waals surface area contributed by atoms with Gasteiger partial charge in [0.1, 0.15) is 5.75 Å². The number of ether oxygens (including phenoxy) is 1. The fourth-order valence-corrected chi connectivity index (χ4v) is 4.02. The van der Waals surface area contributed by atoms with Crippen LogP contribution >= 0.6 is 0 Å². The highest BCUT2D eigenvalue weighted by Gasteiger charge is 2.25. The number of rotatable bonds is 9. The van der Waals surface area contributed by atoms with E-state index in [-0.39, 0.29) is 11.8 Å². The maximum Gasteiger partial charge on any atom is 0.237 e. The van der Waals surface area contributed by atoms with Gasteiger partial charge in [-0.1, -0.05) is 56.5 Å². The van der Waals surface area contributed by atoms with Gasteiger partial charge in [-0.2, -0.15) is 0 Å². The molecule has 5 nitrogen and oxygen atoms in total.